The van der Waals surface area contributed by atoms with Gasteiger partial charge in [-0.1, -0.05) is 140 Å². The lowest BCUT2D eigenvalue weighted by molar-refractivity contribution is 0.421. The fourth-order valence-corrected chi connectivity index (χ4v) is 5.82. The van der Waals surface area contributed by atoms with Gasteiger partial charge in [0.15, 0.2) is 0 Å². The van der Waals surface area contributed by atoms with Crippen molar-refractivity contribution in [3.05, 3.63) is 129 Å². The molecule has 2 heteroatoms. The van der Waals surface area contributed by atoms with Crippen LogP contribution in [0.15, 0.2) is 84.9 Å². The molecule has 0 bridgehead atoms. The average molecular weight is 521 g/mol. The summed E-state index contributed by atoms with van der Waals surface area (Å²) in [6, 6.07) is 29.3. The summed E-state index contributed by atoms with van der Waals surface area (Å²) in [5.74, 6) is 0.567. The van der Waals surface area contributed by atoms with Crippen LogP contribution < -0.4 is 0 Å². The number of phenolic OH excluding ortho intramolecular Hbond substituents is 2. The van der Waals surface area contributed by atoms with Gasteiger partial charge in [0.25, 0.3) is 0 Å². The maximum Gasteiger partial charge on any atom is 0.124 e. The third-order valence-corrected chi connectivity index (χ3v) is 7.99. The van der Waals surface area contributed by atoms with Crippen LogP contribution in [0.2, 0.25) is 0 Å². The van der Waals surface area contributed by atoms with E-state index in [-0.39, 0.29) is 22.3 Å². The van der Waals surface area contributed by atoms with Crippen molar-refractivity contribution < 1.29 is 10.2 Å². The van der Waals surface area contributed by atoms with Gasteiger partial charge in [0, 0.05) is 11.1 Å². The van der Waals surface area contributed by atoms with Crippen molar-refractivity contribution >= 4 is 0 Å². The molecule has 2 N–H and O–H groups in total. The lowest BCUT2D eigenvalue weighted by Crippen LogP contribution is -2.33. The number of aromatic hydroxyl groups is 2. The first-order valence-corrected chi connectivity index (χ1v) is 14.2. The van der Waals surface area contributed by atoms with E-state index < -0.39 is 5.41 Å². The van der Waals surface area contributed by atoms with Gasteiger partial charge in [-0.05, 0) is 57.1 Å². The van der Waals surface area contributed by atoms with E-state index in [1.165, 1.54) is 0 Å². The molecule has 0 saturated carbocycles. The van der Waals surface area contributed by atoms with Crippen molar-refractivity contribution in [2.24, 2.45) is 0 Å². The Labute approximate surface area is 235 Å². The third kappa shape index (κ3) is 5.10. The minimum absolute atomic E-state index is 0.271. The smallest absolute Gasteiger partial charge is 0.124 e. The molecular formula is C37H44O2. The molecule has 0 aromatic heterocycles. The molecule has 0 aliphatic rings. The molecular weight excluding hydrogens is 476 g/mol. The normalized spacial score (nSPS) is 12.5. The maximum atomic E-state index is 12.2. The zero-order valence-corrected chi connectivity index (χ0v) is 24.9. The van der Waals surface area contributed by atoms with E-state index in [9.17, 15) is 10.2 Å². The highest BCUT2D eigenvalue weighted by atomic mass is 16.3. The molecule has 39 heavy (non-hydrogen) atoms. The van der Waals surface area contributed by atoms with Crippen molar-refractivity contribution in [2.75, 3.05) is 0 Å². The molecule has 0 saturated heterocycles. The predicted octanol–water partition coefficient (Wildman–Crippen LogP) is 9.20. The highest BCUT2D eigenvalue weighted by Gasteiger charge is 2.44. The quantitative estimate of drug-likeness (QED) is 0.249. The van der Waals surface area contributed by atoms with Gasteiger partial charge < -0.3 is 10.2 Å². The topological polar surface area (TPSA) is 40.5 Å². The van der Waals surface area contributed by atoms with E-state index in [4.69, 9.17) is 0 Å². The molecule has 0 fully saturated rings. The molecule has 4 rings (SSSR count). The van der Waals surface area contributed by atoms with Crippen LogP contribution in [0.1, 0.15) is 99.9 Å². The standard InChI is InChI=1S/C37H44O2/c1-9-25-21-29(35(3,4)5)33(38)31(23-25)37(27-17-13-11-14-18-27,28-19-15-12-16-20-28)32-24-26(10-2)22-30(34(32)39)36(6,7)8/h11-24,38-39H,9-10H2,1-8H3. The first-order valence-electron chi connectivity index (χ1n) is 14.2. The van der Waals surface area contributed by atoms with Gasteiger partial charge in [-0.25, -0.2) is 0 Å². The number of hydrogen-bond donors (Lipinski definition) is 2. The highest BCUT2D eigenvalue weighted by Crippen LogP contribution is 2.54. The van der Waals surface area contributed by atoms with Crippen molar-refractivity contribution in [3.8, 4) is 11.5 Å². The van der Waals surface area contributed by atoms with Gasteiger partial charge in [0.2, 0.25) is 0 Å². The zero-order chi connectivity index (χ0) is 28.6. The van der Waals surface area contributed by atoms with Gasteiger partial charge in [0.05, 0.1) is 5.41 Å². The summed E-state index contributed by atoms with van der Waals surface area (Å²) in [6.45, 7) is 17.2. The molecule has 0 aliphatic heterocycles. The van der Waals surface area contributed by atoms with E-state index in [1.807, 2.05) is 36.4 Å². The molecule has 4 aromatic carbocycles. The van der Waals surface area contributed by atoms with E-state index in [1.54, 1.807) is 0 Å². The molecule has 0 radical (unpaired) electrons. The Morgan fingerprint density at radius 3 is 1.08 bits per heavy atom. The second kappa shape index (κ2) is 10.6. The second-order valence-electron chi connectivity index (χ2n) is 12.8. The van der Waals surface area contributed by atoms with Gasteiger partial charge in [0.1, 0.15) is 11.5 Å². The first kappa shape index (κ1) is 28.5. The molecule has 2 nitrogen and oxygen atoms in total. The Hall–Kier alpha value is -3.52. The van der Waals surface area contributed by atoms with Gasteiger partial charge in [-0.2, -0.15) is 0 Å². The summed E-state index contributed by atoms with van der Waals surface area (Å²) >= 11 is 0. The SMILES string of the molecule is CCc1cc(C(C)(C)C)c(O)c(C(c2ccccc2)(c2ccccc2)c2cc(CC)cc(C(C)(C)C)c2O)c1. The molecule has 0 atom stereocenters. The van der Waals surface area contributed by atoms with Crippen molar-refractivity contribution in [2.45, 2.75) is 84.5 Å². The van der Waals surface area contributed by atoms with Gasteiger partial charge in [-0.3, -0.25) is 0 Å². The van der Waals surface area contributed by atoms with Crippen LogP contribution in [0, 0.1) is 0 Å². The first-order chi connectivity index (χ1) is 18.3. The summed E-state index contributed by atoms with van der Waals surface area (Å²) in [6.07, 6.45) is 1.68. The Morgan fingerprint density at radius 1 is 0.487 bits per heavy atom. The predicted molar refractivity (Wildman–Crippen MR) is 164 cm³/mol. The Balaban J connectivity index is 2.34. The Morgan fingerprint density at radius 2 is 0.795 bits per heavy atom. The monoisotopic (exact) mass is 520 g/mol. The fraction of sp³-hybridized carbons (Fsp3) is 0.351. The number of benzene rings is 4. The van der Waals surface area contributed by atoms with Crippen LogP contribution in [0.5, 0.6) is 11.5 Å². The minimum atomic E-state index is -0.951. The second-order valence-corrected chi connectivity index (χ2v) is 12.8. The lowest BCUT2D eigenvalue weighted by Gasteiger charge is -2.40. The molecule has 0 heterocycles. The highest BCUT2D eigenvalue weighted by molar-refractivity contribution is 5.69. The molecule has 204 valence electrons. The number of hydrogen-bond acceptors (Lipinski definition) is 2. The fourth-order valence-electron chi connectivity index (χ4n) is 5.82. The summed E-state index contributed by atoms with van der Waals surface area (Å²) in [7, 11) is 0. The lowest BCUT2D eigenvalue weighted by atomic mass is 9.62. The van der Waals surface area contributed by atoms with Crippen molar-refractivity contribution in [1.29, 1.82) is 0 Å². The van der Waals surface area contributed by atoms with E-state index in [0.717, 1.165) is 57.3 Å². The van der Waals surface area contributed by atoms with Gasteiger partial charge in [-0.15, -0.1) is 0 Å². The molecule has 0 spiro atoms. The van der Waals surface area contributed by atoms with Crippen LogP contribution in [0.25, 0.3) is 0 Å². The Bertz CT molecular complexity index is 1320. The summed E-state index contributed by atoms with van der Waals surface area (Å²) < 4.78 is 0. The van der Waals surface area contributed by atoms with Crippen LogP contribution in [-0.4, -0.2) is 10.2 Å². The van der Waals surface area contributed by atoms with E-state index in [2.05, 4.69) is 104 Å². The number of phenols is 2. The third-order valence-electron chi connectivity index (χ3n) is 7.99. The number of aryl methyl sites for hydroxylation is 2. The summed E-state index contributed by atoms with van der Waals surface area (Å²) in [5, 5.41) is 24.5. The van der Waals surface area contributed by atoms with Crippen molar-refractivity contribution in [3.63, 3.8) is 0 Å². The number of rotatable bonds is 6. The zero-order valence-electron chi connectivity index (χ0n) is 24.9. The van der Waals surface area contributed by atoms with Crippen LogP contribution in [0.4, 0.5) is 0 Å². The molecule has 0 amide bonds. The van der Waals surface area contributed by atoms with Gasteiger partial charge >= 0.3 is 0 Å². The van der Waals surface area contributed by atoms with Crippen LogP contribution in [0.3, 0.4) is 0 Å². The van der Waals surface area contributed by atoms with E-state index in [0.29, 0.717) is 0 Å². The largest absolute Gasteiger partial charge is 0.507 e. The van der Waals surface area contributed by atoms with E-state index >= 15 is 0 Å². The average Bonchev–Trinajstić information content (AvgIpc) is 2.90. The Kier molecular flexibility index (Phi) is 7.72. The van der Waals surface area contributed by atoms with Crippen LogP contribution >= 0.6 is 0 Å². The maximum absolute atomic E-state index is 12.2. The van der Waals surface area contributed by atoms with Crippen LogP contribution in [-0.2, 0) is 29.1 Å². The summed E-state index contributed by atoms with van der Waals surface area (Å²) in [4.78, 5) is 0. The molecule has 0 aliphatic carbocycles. The van der Waals surface area contributed by atoms with Crippen molar-refractivity contribution in [1.82, 2.24) is 0 Å². The molecule has 0 unspecified atom stereocenters. The molecule has 4 aromatic rings. The summed E-state index contributed by atoms with van der Waals surface area (Å²) in [5.41, 5.74) is 6.25. The minimum Gasteiger partial charge on any atom is -0.507 e.